The summed E-state index contributed by atoms with van der Waals surface area (Å²) in [7, 11) is 0. The van der Waals surface area contributed by atoms with Crippen molar-refractivity contribution in [1.82, 2.24) is 19.9 Å². The lowest BCUT2D eigenvalue weighted by Crippen LogP contribution is -2.15. The Morgan fingerprint density at radius 1 is 1.32 bits per heavy atom. The van der Waals surface area contributed by atoms with E-state index >= 15 is 0 Å². The molecule has 9 heteroatoms. The smallest absolute Gasteiger partial charge is 0.236 e. The summed E-state index contributed by atoms with van der Waals surface area (Å²) in [6, 6.07) is 8.43. The van der Waals surface area contributed by atoms with Crippen molar-refractivity contribution in [3.8, 4) is 11.4 Å². The van der Waals surface area contributed by atoms with Crippen molar-refractivity contribution in [2.24, 2.45) is 0 Å². The van der Waals surface area contributed by atoms with Gasteiger partial charge in [0.25, 0.3) is 0 Å². The molecule has 7 nitrogen and oxygen atoms in total. The zero-order chi connectivity index (χ0) is 19.5. The predicted octanol–water partition coefficient (Wildman–Crippen LogP) is 4.23. The maximum absolute atomic E-state index is 14.3. The summed E-state index contributed by atoms with van der Waals surface area (Å²) in [6.07, 6.45) is 4.24. The monoisotopic (exact) mass is 401 g/mol. The van der Waals surface area contributed by atoms with E-state index in [1.807, 2.05) is 4.57 Å². The molecule has 2 heterocycles. The molecule has 1 saturated carbocycles. The van der Waals surface area contributed by atoms with Crippen molar-refractivity contribution in [1.29, 1.82) is 0 Å². The molecule has 3 aromatic rings. The van der Waals surface area contributed by atoms with Gasteiger partial charge in [-0.2, -0.15) is 0 Å². The zero-order valence-electron chi connectivity index (χ0n) is 15.4. The first kappa shape index (κ1) is 18.7. The molecule has 0 spiro atoms. The molecule has 2 aromatic heterocycles. The minimum atomic E-state index is -0.329. The standard InChI is InChI=1S/C19H20FN5O2S/c1-12-10-16(24-27-12)21-17(26)11-28-19-23-22-18(14-8-4-5-9-15(14)20)25(19)13-6-2-3-7-13/h4-5,8-10,13H,2-3,6-7,11H2,1H3,(H,21,24,26). The number of hydrogen-bond acceptors (Lipinski definition) is 6. The van der Waals surface area contributed by atoms with Crippen LogP contribution in [0, 0.1) is 12.7 Å². The highest BCUT2D eigenvalue weighted by Gasteiger charge is 2.26. The molecule has 0 saturated heterocycles. The topological polar surface area (TPSA) is 85.8 Å². The van der Waals surface area contributed by atoms with Crippen LogP contribution in [0.5, 0.6) is 0 Å². The Morgan fingerprint density at radius 2 is 2.11 bits per heavy atom. The predicted molar refractivity (Wildman–Crippen MR) is 104 cm³/mol. The fraction of sp³-hybridized carbons (Fsp3) is 0.368. The molecule has 0 atom stereocenters. The second kappa shape index (κ2) is 8.14. The van der Waals surface area contributed by atoms with E-state index in [-0.39, 0.29) is 23.5 Å². The van der Waals surface area contributed by atoms with E-state index in [1.165, 1.54) is 17.8 Å². The number of aryl methyl sites for hydroxylation is 1. The van der Waals surface area contributed by atoms with E-state index in [1.54, 1.807) is 31.2 Å². The van der Waals surface area contributed by atoms with E-state index in [0.29, 0.717) is 28.1 Å². The molecule has 28 heavy (non-hydrogen) atoms. The van der Waals surface area contributed by atoms with Crippen LogP contribution >= 0.6 is 11.8 Å². The molecular weight excluding hydrogens is 381 g/mol. The van der Waals surface area contributed by atoms with Gasteiger partial charge in [-0.25, -0.2) is 4.39 Å². The van der Waals surface area contributed by atoms with Gasteiger partial charge in [0.05, 0.1) is 11.3 Å². The number of carbonyl (C=O) groups is 1. The average molecular weight is 401 g/mol. The number of halogens is 1. The van der Waals surface area contributed by atoms with E-state index in [4.69, 9.17) is 4.52 Å². The lowest BCUT2D eigenvalue weighted by atomic mass is 10.1. The largest absolute Gasteiger partial charge is 0.360 e. The van der Waals surface area contributed by atoms with Gasteiger partial charge in [0.15, 0.2) is 16.8 Å². The summed E-state index contributed by atoms with van der Waals surface area (Å²) < 4.78 is 21.3. The van der Waals surface area contributed by atoms with Gasteiger partial charge >= 0.3 is 0 Å². The first-order valence-electron chi connectivity index (χ1n) is 9.17. The molecule has 4 rings (SSSR count). The summed E-state index contributed by atoms with van der Waals surface area (Å²) in [6.45, 7) is 1.76. The van der Waals surface area contributed by atoms with Gasteiger partial charge in [0.1, 0.15) is 11.6 Å². The van der Waals surface area contributed by atoms with E-state index in [2.05, 4.69) is 20.7 Å². The number of aromatic nitrogens is 4. The number of nitrogens with zero attached hydrogens (tertiary/aromatic N) is 4. The van der Waals surface area contributed by atoms with Crippen LogP contribution in [0.1, 0.15) is 37.5 Å². The zero-order valence-corrected chi connectivity index (χ0v) is 16.2. The lowest BCUT2D eigenvalue weighted by molar-refractivity contribution is -0.113. The molecule has 0 aliphatic heterocycles. The highest BCUT2D eigenvalue weighted by atomic mass is 32.2. The quantitative estimate of drug-likeness (QED) is 0.622. The lowest BCUT2D eigenvalue weighted by Gasteiger charge is -2.17. The third-order valence-electron chi connectivity index (χ3n) is 4.70. The molecule has 1 fully saturated rings. The molecule has 1 aliphatic carbocycles. The minimum Gasteiger partial charge on any atom is -0.360 e. The van der Waals surface area contributed by atoms with Gasteiger partial charge in [-0.05, 0) is 31.9 Å². The minimum absolute atomic E-state index is 0.147. The summed E-state index contributed by atoms with van der Waals surface area (Å²) in [4.78, 5) is 12.2. The highest BCUT2D eigenvalue weighted by molar-refractivity contribution is 7.99. The van der Waals surface area contributed by atoms with Gasteiger partial charge in [0.2, 0.25) is 5.91 Å². The maximum atomic E-state index is 14.3. The van der Waals surface area contributed by atoms with Crippen molar-refractivity contribution in [2.45, 2.75) is 43.8 Å². The van der Waals surface area contributed by atoms with Crippen LogP contribution in [-0.4, -0.2) is 31.6 Å². The van der Waals surface area contributed by atoms with Crippen LogP contribution in [0.15, 0.2) is 40.0 Å². The maximum Gasteiger partial charge on any atom is 0.236 e. The van der Waals surface area contributed by atoms with Crippen molar-refractivity contribution >= 4 is 23.5 Å². The van der Waals surface area contributed by atoms with Crippen LogP contribution in [0.25, 0.3) is 11.4 Å². The third kappa shape index (κ3) is 3.94. The number of carbonyl (C=O) groups excluding carboxylic acids is 1. The van der Waals surface area contributed by atoms with Crippen molar-refractivity contribution < 1.29 is 13.7 Å². The normalized spacial score (nSPS) is 14.5. The molecule has 1 amide bonds. The number of benzene rings is 1. The molecule has 0 bridgehead atoms. The Balaban J connectivity index is 1.55. The van der Waals surface area contributed by atoms with E-state index in [9.17, 15) is 9.18 Å². The number of rotatable bonds is 6. The molecule has 1 aromatic carbocycles. The number of thioether (sulfide) groups is 1. The Bertz CT molecular complexity index is 980. The van der Waals surface area contributed by atoms with E-state index < -0.39 is 0 Å². The van der Waals surface area contributed by atoms with E-state index in [0.717, 1.165) is 25.7 Å². The first-order valence-corrected chi connectivity index (χ1v) is 10.2. The van der Waals surface area contributed by atoms with Crippen LogP contribution in [0.3, 0.4) is 0 Å². The van der Waals surface area contributed by atoms with Crippen LogP contribution < -0.4 is 5.32 Å². The number of hydrogen-bond donors (Lipinski definition) is 1. The van der Waals surface area contributed by atoms with Crippen LogP contribution in [0.4, 0.5) is 10.2 Å². The molecule has 0 radical (unpaired) electrons. The van der Waals surface area contributed by atoms with Gasteiger partial charge in [-0.3, -0.25) is 9.36 Å². The van der Waals surface area contributed by atoms with Gasteiger partial charge in [-0.1, -0.05) is 41.9 Å². The number of amides is 1. The van der Waals surface area contributed by atoms with Crippen molar-refractivity contribution in [3.05, 3.63) is 41.9 Å². The van der Waals surface area contributed by atoms with Crippen LogP contribution in [0.2, 0.25) is 0 Å². The third-order valence-corrected chi connectivity index (χ3v) is 5.64. The SMILES string of the molecule is Cc1cc(NC(=O)CSc2nnc(-c3ccccc3F)n2C2CCCC2)no1. The first-order chi connectivity index (χ1) is 13.6. The molecule has 1 aliphatic rings. The second-order valence-electron chi connectivity index (χ2n) is 6.75. The van der Waals surface area contributed by atoms with Crippen molar-refractivity contribution in [3.63, 3.8) is 0 Å². The summed E-state index contributed by atoms with van der Waals surface area (Å²) >= 11 is 1.29. The summed E-state index contributed by atoms with van der Waals surface area (Å²) in [5, 5.41) is 15.6. The average Bonchev–Trinajstić information content (AvgIpc) is 3.41. The second-order valence-corrected chi connectivity index (χ2v) is 7.70. The summed E-state index contributed by atoms with van der Waals surface area (Å²) in [5.74, 6) is 1.12. The number of anilines is 1. The fourth-order valence-corrected chi connectivity index (χ4v) is 4.23. The highest BCUT2D eigenvalue weighted by Crippen LogP contribution is 2.37. The molecule has 146 valence electrons. The van der Waals surface area contributed by atoms with Gasteiger partial charge in [0, 0.05) is 12.1 Å². The van der Waals surface area contributed by atoms with Crippen LogP contribution in [-0.2, 0) is 4.79 Å². The Morgan fingerprint density at radius 3 is 2.82 bits per heavy atom. The number of nitrogens with one attached hydrogen (secondary N) is 1. The molecule has 1 N–H and O–H groups in total. The Hall–Kier alpha value is -2.68. The fourth-order valence-electron chi connectivity index (χ4n) is 3.43. The Labute approximate surface area is 165 Å². The van der Waals surface area contributed by atoms with Gasteiger partial charge in [-0.15, -0.1) is 10.2 Å². The van der Waals surface area contributed by atoms with Gasteiger partial charge < -0.3 is 9.84 Å². The summed E-state index contributed by atoms with van der Waals surface area (Å²) in [5.41, 5.74) is 0.427. The molecule has 0 unspecified atom stereocenters. The van der Waals surface area contributed by atoms with Crippen molar-refractivity contribution in [2.75, 3.05) is 11.1 Å². The molecular formula is C19H20FN5O2S. The Kier molecular flexibility index (Phi) is 5.43.